The third-order valence-electron chi connectivity index (χ3n) is 3.24. The monoisotopic (exact) mass is 222 g/mol. The summed E-state index contributed by atoms with van der Waals surface area (Å²) < 4.78 is 1.88. The molecule has 0 bridgehead atoms. The molecule has 2 heterocycles. The van der Waals surface area contributed by atoms with E-state index in [1.165, 1.54) is 12.1 Å². The zero-order chi connectivity index (χ0) is 11.5. The molecule has 0 aliphatic carbocycles. The fourth-order valence-corrected chi connectivity index (χ4v) is 2.19. The highest BCUT2D eigenvalue weighted by Gasteiger charge is 2.17. The van der Waals surface area contributed by atoms with Gasteiger partial charge in [-0.05, 0) is 25.8 Å². The maximum atomic E-state index is 4.25. The van der Waals surface area contributed by atoms with Crippen molar-refractivity contribution in [2.24, 2.45) is 13.0 Å². The van der Waals surface area contributed by atoms with Gasteiger partial charge in [0.25, 0.3) is 0 Å². The van der Waals surface area contributed by atoms with E-state index in [0.717, 1.165) is 19.6 Å². The van der Waals surface area contributed by atoms with Gasteiger partial charge in [0, 0.05) is 32.4 Å². The minimum absolute atomic E-state index is 0.613. The van der Waals surface area contributed by atoms with Gasteiger partial charge >= 0.3 is 0 Å². The summed E-state index contributed by atoms with van der Waals surface area (Å²) >= 11 is 0. The van der Waals surface area contributed by atoms with Crippen LogP contribution in [0.1, 0.15) is 20.3 Å². The van der Waals surface area contributed by atoms with Crippen LogP contribution in [0.25, 0.3) is 0 Å². The molecule has 4 nitrogen and oxygen atoms in total. The van der Waals surface area contributed by atoms with E-state index in [2.05, 4.69) is 35.4 Å². The summed E-state index contributed by atoms with van der Waals surface area (Å²) in [7, 11) is 1.97. The van der Waals surface area contributed by atoms with Crippen LogP contribution in [-0.2, 0) is 7.05 Å². The number of aryl methyl sites for hydroxylation is 1. The highest BCUT2D eigenvalue weighted by Crippen LogP contribution is 2.16. The Hall–Kier alpha value is -1.03. The van der Waals surface area contributed by atoms with Gasteiger partial charge < -0.3 is 10.2 Å². The minimum Gasteiger partial charge on any atom is -0.369 e. The SMILES string of the molecule is CC1CNC(C)CCN(c2cnn(C)c2)C1. The highest BCUT2D eigenvalue weighted by atomic mass is 15.3. The average Bonchev–Trinajstić information content (AvgIpc) is 2.65. The number of rotatable bonds is 1. The first-order valence-electron chi connectivity index (χ1n) is 6.12. The predicted octanol–water partition coefficient (Wildman–Crippen LogP) is 1.24. The van der Waals surface area contributed by atoms with Crippen molar-refractivity contribution in [3.05, 3.63) is 12.4 Å². The molecular weight excluding hydrogens is 200 g/mol. The molecule has 1 aromatic rings. The Bertz CT molecular complexity index is 334. The first kappa shape index (κ1) is 11.5. The van der Waals surface area contributed by atoms with Crippen LogP contribution < -0.4 is 10.2 Å². The van der Waals surface area contributed by atoms with Crippen LogP contribution in [0.3, 0.4) is 0 Å². The summed E-state index contributed by atoms with van der Waals surface area (Å²) in [6.45, 7) is 7.90. The molecule has 1 fully saturated rings. The molecule has 1 aliphatic rings. The van der Waals surface area contributed by atoms with Gasteiger partial charge in [-0.3, -0.25) is 4.68 Å². The molecule has 1 N–H and O–H groups in total. The molecule has 1 saturated heterocycles. The van der Waals surface area contributed by atoms with E-state index < -0.39 is 0 Å². The van der Waals surface area contributed by atoms with Crippen molar-refractivity contribution in [2.45, 2.75) is 26.3 Å². The summed E-state index contributed by atoms with van der Waals surface area (Å²) in [5.41, 5.74) is 1.25. The zero-order valence-electron chi connectivity index (χ0n) is 10.5. The largest absolute Gasteiger partial charge is 0.369 e. The molecule has 2 unspecified atom stereocenters. The maximum Gasteiger partial charge on any atom is 0.0752 e. The van der Waals surface area contributed by atoms with Crippen molar-refractivity contribution in [1.29, 1.82) is 0 Å². The normalized spacial score (nSPS) is 27.6. The van der Waals surface area contributed by atoms with Crippen LogP contribution in [0.15, 0.2) is 12.4 Å². The quantitative estimate of drug-likeness (QED) is 0.776. The molecule has 1 aromatic heterocycles. The average molecular weight is 222 g/mol. The van der Waals surface area contributed by atoms with E-state index in [1.54, 1.807) is 0 Å². The predicted molar refractivity (Wildman–Crippen MR) is 66.7 cm³/mol. The van der Waals surface area contributed by atoms with Gasteiger partial charge in [-0.1, -0.05) is 6.92 Å². The molecule has 0 radical (unpaired) electrons. The number of anilines is 1. The summed E-state index contributed by atoms with van der Waals surface area (Å²) in [4.78, 5) is 2.45. The standard InChI is InChI=1S/C12H22N4/c1-10-6-13-11(2)4-5-16(8-10)12-7-14-15(3)9-12/h7,9-11,13H,4-6,8H2,1-3H3. The zero-order valence-corrected chi connectivity index (χ0v) is 10.5. The molecule has 4 heteroatoms. The Labute approximate surface area is 97.6 Å². The molecule has 0 spiro atoms. The van der Waals surface area contributed by atoms with Crippen molar-refractivity contribution < 1.29 is 0 Å². The summed E-state index contributed by atoms with van der Waals surface area (Å²) in [5, 5.41) is 7.81. The van der Waals surface area contributed by atoms with Gasteiger partial charge in [-0.25, -0.2) is 0 Å². The smallest absolute Gasteiger partial charge is 0.0752 e. The Morgan fingerprint density at radius 2 is 2.25 bits per heavy atom. The fourth-order valence-electron chi connectivity index (χ4n) is 2.19. The molecule has 90 valence electrons. The third-order valence-corrected chi connectivity index (χ3v) is 3.24. The first-order valence-corrected chi connectivity index (χ1v) is 6.12. The molecule has 0 amide bonds. The van der Waals surface area contributed by atoms with Crippen LogP contribution in [-0.4, -0.2) is 35.5 Å². The van der Waals surface area contributed by atoms with Gasteiger partial charge in [-0.15, -0.1) is 0 Å². The van der Waals surface area contributed by atoms with E-state index in [4.69, 9.17) is 0 Å². The topological polar surface area (TPSA) is 33.1 Å². The number of hydrogen-bond acceptors (Lipinski definition) is 3. The van der Waals surface area contributed by atoms with Gasteiger partial charge in [0.05, 0.1) is 11.9 Å². The highest BCUT2D eigenvalue weighted by molar-refractivity contribution is 5.42. The molecule has 16 heavy (non-hydrogen) atoms. The first-order chi connectivity index (χ1) is 7.65. The third kappa shape index (κ3) is 2.76. The molecule has 2 rings (SSSR count). The lowest BCUT2D eigenvalue weighted by atomic mass is 10.1. The molecule has 0 aromatic carbocycles. The second-order valence-electron chi connectivity index (χ2n) is 5.02. The van der Waals surface area contributed by atoms with Gasteiger partial charge in [0.15, 0.2) is 0 Å². The van der Waals surface area contributed by atoms with E-state index in [9.17, 15) is 0 Å². The lowest BCUT2D eigenvalue weighted by molar-refractivity contribution is 0.411. The van der Waals surface area contributed by atoms with Crippen LogP contribution in [0.4, 0.5) is 5.69 Å². The van der Waals surface area contributed by atoms with E-state index >= 15 is 0 Å². The number of nitrogens with one attached hydrogen (secondary N) is 1. The summed E-state index contributed by atoms with van der Waals surface area (Å²) in [6, 6.07) is 0.613. The lowest BCUT2D eigenvalue weighted by Gasteiger charge is -2.31. The fraction of sp³-hybridized carbons (Fsp3) is 0.750. The Balaban J connectivity index is 2.06. The van der Waals surface area contributed by atoms with Crippen molar-refractivity contribution >= 4 is 5.69 Å². The second kappa shape index (κ2) is 4.87. The lowest BCUT2D eigenvalue weighted by Crippen LogP contribution is -2.42. The second-order valence-corrected chi connectivity index (χ2v) is 5.02. The van der Waals surface area contributed by atoms with Crippen molar-refractivity contribution in [1.82, 2.24) is 15.1 Å². The number of aromatic nitrogens is 2. The van der Waals surface area contributed by atoms with E-state index in [0.29, 0.717) is 12.0 Å². The molecular formula is C12H22N4. The summed E-state index contributed by atoms with van der Waals surface area (Å²) in [5.74, 6) is 0.683. The number of hydrogen-bond donors (Lipinski definition) is 1. The van der Waals surface area contributed by atoms with Crippen LogP contribution in [0.5, 0.6) is 0 Å². The maximum absolute atomic E-state index is 4.25. The molecule has 1 aliphatic heterocycles. The van der Waals surface area contributed by atoms with Crippen LogP contribution in [0.2, 0.25) is 0 Å². The van der Waals surface area contributed by atoms with E-state index in [1.807, 2.05) is 17.9 Å². The van der Waals surface area contributed by atoms with Crippen LogP contribution >= 0.6 is 0 Å². The number of nitrogens with zero attached hydrogens (tertiary/aromatic N) is 3. The van der Waals surface area contributed by atoms with Crippen molar-refractivity contribution in [3.63, 3.8) is 0 Å². The Morgan fingerprint density at radius 1 is 1.44 bits per heavy atom. The van der Waals surface area contributed by atoms with Gasteiger partial charge in [0.2, 0.25) is 0 Å². The van der Waals surface area contributed by atoms with E-state index in [-0.39, 0.29) is 0 Å². The van der Waals surface area contributed by atoms with Gasteiger partial charge in [0.1, 0.15) is 0 Å². The molecule has 0 saturated carbocycles. The van der Waals surface area contributed by atoms with Crippen molar-refractivity contribution in [2.75, 3.05) is 24.5 Å². The summed E-state index contributed by atoms with van der Waals surface area (Å²) in [6.07, 6.45) is 5.26. The molecule has 2 atom stereocenters. The van der Waals surface area contributed by atoms with Gasteiger partial charge in [-0.2, -0.15) is 5.10 Å². The Morgan fingerprint density at radius 3 is 2.94 bits per heavy atom. The van der Waals surface area contributed by atoms with Crippen LogP contribution in [0, 0.1) is 5.92 Å². The van der Waals surface area contributed by atoms with Crippen molar-refractivity contribution in [3.8, 4) is 0 Å². The Kier molecular flexibility index (Phi) is 3.49. The minimum atomic E-state index is 0.613.